The minimum absolute atomic E-state index is 0.209. The molecule has 0 bridgehead atoms. The largest absolute Gasteiger partial charge is 0.377 e. The van der Waals surface area contributed by atoms with Crippen LogP contribution in [0.2, 0.25) is 0 Å². The zero-order chi connectivity index (χ0) is 12.3. The van der Waals surface area contributed by atoms with Crippen molar-refractivity contribution < 1.29 is 0 Å². The molecule has 1 heterocycles. The van der Waals surface area contributed by atoms with Crippen LogP contribution in [0.15, 0.2) is 48.5 Å². The van der Waals surface area contributed by atoms with Crippen LogP contribution in [0.25, 0.3) is 0 Å². The van der Waals surface area contributed by atoms with Crippen LogP contribution < -0.4 is 5.32 Å². The Kier molecular flexibility index (Phi) is 1.79. The van der Waals surface area contributed by atoms with E-state index in [2.05, 4.69) is 67.7 Å². The van der Waals surface area contributed by atoms with Gasteiger partial charge >= 0.3 is 0 Å². The molecule has 2 aromatic rings. The predicted octanol–water partition coefficient (Wildman–Crippen LogP) is 4.23. The van der Waals surface area contributed by atoms with Crippen molar-refractivity contribution >= 4 is 5.69 Å². The van der Waals surface area contributed by atoms with Crippen LogP contribution in [-0.4, -0.2) is 0 Å². The Hall–Kier alpha value is -1.76. The molecule has 1 aliphatic carbocycles. The molecule has 0 radical (unpaired) electrons. The van der Waals surface area contributed by atoms with Crippen LogP contribution in [0.5, 0.6) is 0 Å². The molecular formula is C17H17N. The SMILES string of the molecule is CC1(C)c2ccccc2[C@H]2Nc3ccccc3[C@H]21. The minimum atomic E-state index is 0.209. The summed E-state index contributed by atoms with van der Waals surface area (Å²) in [6.45, 7) is 4.75. The van der Waals surface area contributed by atoms with Crippen LogP contribution in [0.1, 0.15) is 42.5 Å². The highest BCUT2D eigenvalue weighted by molar-refractivity contribution is 5.66. The van der Waals surface area contributed by atoms with E-state index in [-0.39, 0.29) is 5.41 Å². The molecule has 4 rings (SSSR count). The Balaban J connectivity index is 1.97. The third-order valence-corrected chi connectivity index (χ3v) is 4.71. The molecule has 0 fully saturated rings. The van der Waals surface area contributed by atoms with Crippen molar-refractivity contribution in [3.63, 3.8) is 0 Å². The van der Waals surface area contributed by atoms with Crippen molar-refractivity contribution in [3.8, 4) is 0 Å². The maximum absolute atomic E-state index is 3.71. The van der Waals surface area contributed by atoms with Gasteiger partial charge in [-0.3, -0.25) is 0 Å². The van der Waals surface area contributed by atoms with Gasteiger partial charge in [0.05, 0.1) is 6.04 Å². The molecule has 1 N–H and O–H groups in total. The van der Waals surface area contributed by atoms with Gasteiger partial charge in [-0.25, -0.2) is 0 Å². The Morgan fingerprint density at radius 1 is 0.889 bits per heavy atom. The Morgan fingerprint density at radius 3 is 2.39 bits per heavy atom. The first-order valence-corrected chi connectivity index (χ1v) is 6.64. The highest BCUT2D eigenvalue weighted by Gasteiger charge is 2.50. The van der Waals surface area contributed by atoms with Crippen molar-refractivity contribution in [1.29, 1.82) is 0 Å². The normalized spacial score (nSPS) is 26.1. The summed E-state index contributed by atoms with van der Waals surface area (Å²) in [6.07, 6.45) is 0. The van der Waals surface area contributed by atoms with E-state index in [0.29, 0.717) is 12.0 Å². The number of anilines is 1. The lowest BCUT2D eigenvalue weighted by molar-refractivity contribution is 0.431. The minimum Gasteiger partial charge on any atom is -0.377 e. The van der Waals surface area contributed by atoms with E-state index in [4.69, 9.17) is 0 Å². The average Bonchev–Trinajstić information content (AvgIpc) is 2.86. The molecule has 18 heavy (non-hydrogen) atoms. The van der Waals surface area contributed by atoms with E-state index in [0.717, 1.165) is 0 Å². The van der Waals surface area contributed by atoms with Crippen LogP contribution in [0.3, 0.4) is 0 Å². The van der Waals surface area contributed by atoms with Crippen molar-refractivity contribution in [2.24, 2.45) is 0 Å². The van der Waals surface area contributed by atoms with Gasteiger partial charge in [0, 0.05) is 11.6 Å². The van der Waals surface area contributed by atoms with Crippen LogP contribution >= 0.6 is 0 Å². The van der Waals surface area contributed by atoms with Gasteiger partial charge < -0.3 is 5.32 Å². The quantitative estimate of drug-likeness (QED) is 0.720. The first-order chi connectivity index (χ1) is 8.69. The van der Waals surface area contributed by atoms with Gasteiger partial charge in [0.2, 0.25) is 0 Å². The fourth-order valence-corrected chi connectivity index (χ4v) is 3.92. The molecule has 0 saturated carbocycles. The Morgan fingerprint density at radius 2 is 1.56 bits per heavy atom. The average molecular weight is 235 g/mol. The topological polar surface area (TPSA) is 12.0 Å². The van der Waals surface area contributed by atoms with Gasteiger partial charge in [0.1, 0.15) is 0 Å². The number of nitrogens with one attached hydrogen (secondary N) is 1. The van der Waals surface area contributed by atoms with E-state index < -0.39 is 0 Å². The van der Waals surface area contributed by atoms with Crippen LogP contribution in [0, 0.1) is 0 Å². The molecule has 0 amide bonds. The second-order valence-electron chi connectivity index (χ2n) is 6.00. The Labute approximate surface area is 108 Å². The second kappa shape index (κ2) is 3.17. The summed E-state index contributed by atoms with van der Waals surface area (Å²) in [7, 11) is 0. The summed E-state index contributed by atoms with van der Waals surface area (Å²) in [6, 6.07) is 18.1. The number of benzene rings is 2. The van der Waals surface area contributed by atoms with Crippen molar-refractivity contribution in [2.45, 2.75) is 31.2 Å². The molecule has 90 valence electrons. The molecule has 0 unspecified atom stereocenters. The molecule has 0 aromatic heterocycles. The summed E-state index contributed by atoms with van der Waals surface area (Å²) >= 11 is 0. The first-order valence-electron chi connectivity index (χ1n) is 6.64. The number of hydrogen-bond donors (Lipinski definition) is 1. The highest BCUT2D eigenvalue weighted by Crippen LogP contribution is 2.60. The van der Waals surface area contributed by atoms with E-state index in [1.807, 2.05) is 0 Å². The summed E-state index contributed by atoms with van der Waals surface area (Å²) in [5.41, 5.74) is 5.98. The predicted molar refractivity (Wildman–Crippen MR) is 75.0 cm³/mol. The van der Waals surface area contributed by atoms with E-state index in [1.165, 1.54) is 22.4 Å². The number of fused-ring (bicyclic) bond motifs is 5. The molecule has 0 spiro atoms. The molecule has 1 aliphatic heterocycles. The monoisotopic (exact) mass is 235 g/mol. The van der Waals surface area contributed by atoms with Gasteiger partial charge in [-0.2, -0.15) is 0 Å². The van der Waals surface area contributed by atoms with Crippen molar-refractivity contribution in [2.75, 3.05) is 5.32 Å². The van der Waals surface area contributed by atoms with Crippen LogP contribution in [0.4, 0.5) is 5.69 Å². The molecule has 1 heteroatoms. The van der Waals surface area contributed by atoms with Gasteiger partial charge in [-0.1, -0.05) is 56.3 Å². The fourth-order valence-electron chi connectivity index (χ4n) is 3.92. The molecule has 2 aromatic carbocycles. The van der Waals surface area contributed by atoms with E-state index in [9.17, 15) is 0 Å². The van der Waals surface area contributed by atoms with Crippen LogP contribution in [-0.2, 0) is 5.41 Å². The summed E-state index contributed by atoms with van der Waals surface area (Å²) in [4.78, 5) is 0. The lowest BCUT2D eigenvalue weighted by Crippen LogP contribution is -2.22. The van der Waals surface area contributed by atoms with Crippen molar-refractivity contribution in [3.05, 3.63) is 65.2 Å². The number of rotatable bonds is 0. The molecule has 2 aliphatic rings. The third kappa shape index (κ3) is 1.07. The Bertz CT molecular complexity index is 627. The second-order valence-corrected chi connectivity index (χ2v) is 6.00. The maximum Gasteiger partial charge on any atom is 0.0594 e. The number of hydrogen-bond acceptors (Lipinski definition) is 1. The zero-order valence-corrected chi connectivity index (χ0v) is 10.8. The smallest absolute Gasteiger partial charge is 0.0594 e. The molecular weight excluding hydrogens is 218 g/mol. The fraction of sp³-hybridized carbons (Fsp3) is 0.294. The lowest BCUT2D eigenvalue weighted by Gasteiger charge is -2.27. The van der Waals surface area contributed by atoms with Gasteiger partial charge in [-0.15, -0.1) is 0 Å². The molecule has 2 atom stereocenters. The maximum atomic E-state index is 3.71. The lowest BCUT2D eigenvalue weighted by atomic mass is 9.75. The molecule has 0 saturated heterocycles. The third-order valence-electron chi connectivity index (χ3n) is 4.71. The highest BCUT2D eigenvalue weighted by atomic mass is 15.0. The van der Waals surface area contributed by atoms with E-state index in [1.54, 1.807) is 0 Å². The van der Waals surface area contributed by atoms with Gasteiger partial charge in [0.25, 0.3) is 0 Å². The first kappa shape index (κ1) is 10.2. The van der Waals surface area contributed by atoms with Gasteiger partial charge in [0.15, 0.2) is 0 Å². The van der Waals surface area contributed by atoms with Gasteiger partial charge in [-0.05, 0) is 28.2 Å². The summed E-state index contributed by atoms with van der Waals surface area (Å²) in [5, 5.41) is 3.71. The summed E-state index contributed by atoms with van der Waals surface area (Å²) < 4.78 is 0. The molecule has 1 nitrogen and oxygen atoms in total. The summed E-state index contributed by atoms with van der Waals surface area (Å²) in [5.74, 6) is 0.561. The standard InChI is InChI=1S/C17H17N/c1-17(2)13-9-5-3-7-11(13)16-15(17)12-8-4-6-10-14(12)18-16/h3-10,15-16,18H,1-2H3/t15-,16-/m1/s1. The zero-order valence-electron chi connectivity index (χ0n) is 10.8. The number of para-hydroxylation sites is 1. The van der Waals surface area contributed by atoms with E-state index >= 15 is 0 Å². The van der Waals surface area contributed by atoms with Crippen molar-refractivity contribution in [1.82, 2.24) is 0 Å².